The normalized spacial score (nSPS) is 11.5. The van der Waals surface area contributed by atoms with E-state index in [4.69, 9.17) is 16.6 Å². The zero-order valence-electron chi connectivity index (χ0n) is 14.8. The van der Waals surface area contributed by atoms with E-state index < -0.39 is 0 Å². The van der Waals surface area contributed by atoms with Crippen LogP contribution in [0.1, 0.15) is 38.1 Å². The summed E-state index contributed by atoms with van der Waals surface area (Å²) in [4.78, 5) is 20.9. The Hall–Kier alpha value is -1.91. The second-order valence-electron chi connectivity index (χ2n) is 6.58. The molecule has 0 saturated carbocycles. The highest BCUT2D eigenvalue weighted by Crippen LogP contribution is 2.33. The lowest BCUT2D eigenvalue weighted by Gasteiger charge is -2.31. The van der Waals surface area contributed by atoms with Crippen molar-refractivity contribution in [2.45, 2.75) is 39.8 Å². The standard InChI is InChI=1S/C20H21ClN2OS/c1-12(2)23(13(3)4)20(24)15-11-17(18-9-10-19(21)25-18)22-16-8-6-5-7-14(15)16/h5-13H,1-4H3. The van der Waals surface area contributed by atoms with E-state index in [2.05, 4.69) is 0 Å². The van der Waals surface area contributed by atoms with E-state index in [0.29, 0.717) is 9.90 Å². The molecule has 0 atom stereocenters. The Morgan fingerprint density at radius 2 is 1.76 bits per heavy atom. The van der Waals surface area contributed by atoms with Crippen LogP contribution in [0.25, 0.3) is 21.5 Å². The quantitative estimate of drug-likeness (QED) is 0.573. The number of carbonyl (C=O) groups excluding carboxylic acids is 1. The lowest BCUT2D eigenvalue weighted by molar-refractivity contribution is 0.0646. The fourth-order valence-electron chi connectivity index (χ4n) is 3.13. The van der Waals surface area contributed by atoms with Gasteiger partial charge in [0.15, 0.2) is 0 Å². The van der Waals surface area contributed by atoms with Crippen LogP contribution in [0.3, 0.4) is 0 Å². The first-order chi connectivity index (χ1) is 11.9. The SMILES string of the molecule is CC(C)N(C(=O)c1cc(-c2ccc(Cl)s2)nc2ccccc12)C(C)C. The molecule has 2 heterocycles. The molecule has 0 aliphatic rings. The molecule has 0 unspecified atom stereocenters. The molecule has 0 bridgehead atoms. The smallest absolute Gasteiger partial charge is 0.255 e. The molecule has 0 aliphatic carbocycles. The van der Waals surface area contributed by atoms with Crippen molar-refractivity contribution in [2.75, 3.05) is 0 Å². The number of benzene rings is 1. The number of rotatable bonds is 4. The van der Waals surface area contributed by atoms with Crippen LogP contribution in [0.2, 0.25) is 4.34 Å². The van der Waals surface area contributed by atoms with Gasteiger partial charge in [-0.25, -0.2) is 4.98 Å². The monoisotopic (exact) mass is 372 g/mol. The zero-order chi connectivity index (χ0) is 18.1. The molecular weight excluding hydrogens is 352 g/mol. The van der Waals surface area contributed by atoms with E-state index in [1.54, 1.807) is 0 Å². The summed E-state index contributed by atoms with van der Waals surface area (Å²) in [6.45, 7) is 8.17. The Bertz CT molecular complexity index is 909. The van der Waals surface area contributed by atoms with E-state index >= 15 is 0 Å². The van der Waals surface area contributed by atoms with Gasteiger partial charge in [-0.3, -0.25) is 4.79 Å². The molecule has 0 radical (unpaired) electrons. The third kappa shape index (κ3) is 3.55. The number of para-hydroxylation sites is 1. The molecule has 0 aliphatic heterocycles. The van der Waals surface area contributed by atoms with E-state index in [-0.39, 0.29) is 18.0 Å². The van der Waals surface area contributed by atoms with Crippen LogP contribution >= 0.6 is 22.9 Å². The van der Waals surface area contributed by atoms with Crippen molar-refractivity contribution in [3.63, 3.8) is 0 Å². The number of amides is 1. The number of thiophene rings is 1. The van der Waals surface area contributed by atoms with Gasteiger partial charge in [0.05, 0.1) is 26.0 Å². The van der Waals surface area contributed by atoms with Crippen LogP contribution in [0.5, 0.6) is 0 Å². The molecule has 3 rings (SSSR count). The lowest BCUT2D eigenvalue weighted by atomic mass is 10.0. The number of fused-ring (bicyclic) bond motifs is 1. The maximum Gasteiger partial charge on any atom is 0.255 e. The first-order valence-corrected chi connectivity index (χ1v) is 9.56. The number of pyridine rings is 1. The highest BCUT2D eigenvalue weighted by molar-refractivity contribution is 7.19. The first kappa shape index (κ1) is 17.9. The highest BCUT2D eigenvalue weighted by Gasteiger charge is 2.24. The summed E-state index contributed by atoms with van der Waals surface area (Å²) in [5, 5.41) is 0.880. The number of hydrogen-bond donors (Lipinski definition) is 0. The maximum absolute atomic E-state index is 13.3. The molecule has 2 aromatic heterocycles. The van der Waals surface area contributed by atoms with Crippen LogP contribution in [0.4, 0.5) is 0 Å². The fourth-order valence-corrected chi connectivity index (χ4v) is 4.14. The average Bonchev–Trinajstić information content (AvgIpc) is 2.99. The zero-order valence-corrected chi connectivity index (χ0v) is 16.4. The van der Waals surface area contributed by atoms with Gasteiger partial charge in [-0.05, 0) is 52.0 Å². The van der Waals surface area contributed by atoms with Crippen molar-refractivity contribution in [3.05, 3.63) is 52.4 Å². The first-order valence-electron chi connectivity index (χ1n) is 8.36. The van der Waals surface area contributed by atoms with Gasteiger partial charge in [-0.15, -0.1) is 11.3 Å². The van der Waals surface area contributed by atoms with Crippen LogP contribution in [-0.4, -0.2) is 27.9 Å². The Labute approximate surface area is 157 Å². The molecule has 1 aromatic carbocycles. The third-order valence-corrected chi connectivity index (χ3v) is 5.37. The second kappa shape index (κ2) is 7.14. The molecule has 0 saturated heterocycles. The van der Waals surface area contributed by atoms with Gasteiger partial charge in [0.1, 0.15) is 0 Å². The van der Waals surface area contributed by atoms with Crippen molar-refractivity contribution in [2.24, 2.45) is 0 Å². The van der Waals surface area contributed by atoms with Gasteiger partial charge in [-0.2, -0.15) is 0 Å². The summed E-state index contributed by atoms with van der Waals surface area (Å²) in [6, 6.07) is 13.7. The average molecular weight is 373 g/mol. The summed E-state index contributed by atoms with van der Waals surface area (Å²) >= 11 is 7.55. The van der Waals surface area contributed by atoms with Crippen molar-refractivity contribution < 1.29 is 4.79 Å². The molecule has 0 spiro atoms. The van der Waals surface area contributed by atoms with E-state index in [9.17, 15) is 4.79 Å². The molecule has 3 aromatic rings. The molecule has 5 heteroatoms. The largest absolute Gasteiger partial charge is 0.334 e. The van der Waals surface area contributed by atoms with E-state index in [0.717, 1.165) is 21.5 Å². The predicted octanol–water partition coefficient (Wildman–Crippen LogP) is 5.88. The van der Waals surface area contributed by atoms with Gasteiger partial charge < -0.3 is 4.90 Å². The minimum atomic E-state index is 0.0347. The molecule has 3 nitrogen and oxygen atoms in total. The van der Waals surface area contributed by atoms with Gasteiger partial charge in [0.2, 0.25) is 0 Å². The summed E-state index contributed by atoms with van der Waals surface area (Å²) in [5.74, 6) is 0.0347. The van der Waals surface area contributed by atoms with Gasteiger partial charge in [0.25, 0.3) is 5.91 Å². The Kier molecular flexibility index (Phi) is 5.11. The molecule has 25 heavy (non-hydrogen) atoms. The third-order valence-electron chi connectivity index (χ3n) is 4.12. The molecule has 1 amide bonds. The Morgan fingerprint density at radius 1 is 1.08 bits per heavy atom. The Morgan fingerprint density at radius 3 is 2.36 bits per heavy atom. The van der Waals surface area contributed by atoms with Crippen molar-refractivity contribution in [1.82, 2.24) is 9.88 Å². The number of carbonyl (C=O) groups is 1. The highest BCUT2D eigenvalue weighted by atomic mass is 35.5. The Balaban J connectivity index is 2.20. The fraction of sp³-hybridized carbons (Fsp3) is 0.300. The van der Waals surface area contributed by atoms with Crippen LogP contribution < -0.4 is 0 Å². The van der Waals surface area contributed by atoms with E-state index in [1.807, 2.05) is 75.1 Å². The lowest BCUT2D eigenvalue weighted by Crippen LogP contribution is -2.42. The molecule has 0 fully saturated rings. The number of halogens is 1. The predicted molar refractivity (Wildman–Crippen MR) is 107 cm³/mol. The van der Waals surface area contributed by atoms with Crippen LogP contribution in [0.15, 0.2) is 42.5 Å². The maximum atomic E-state index is 13.3. The van der Waals surface area contributed by atoms with Crippen molar-refractivity contribution in [1.29, 1.82) is 0 Å². The van der Waals surface area contributed by atoms with Crippen LogP contribution in [0, 0.1) is 0 Å². The number of hydrogen-bond acceptors (Lipinski definition) is 3. The van der Waals surface area contributed by atoms with Gasteiger partial charge in [-0.1, -0.05) is 29.8 Å². The van der Waals surface area contributed by atoms with Crippen LogP contribution in [-0.2, 0) is 0 Å². The molecule has 0 N–H and O–H groups in total. The topological polar surface area (TPSA) is 33.2 Å². The summed E-state index contributed by atoms with van der Waals surface area (Å²) in [5.41, 5.74) is 2.29. The summed E-state index contributed by atoms with van der Waals surface area (Å²) in [7, 11) is 0. The summed E-state index contributed by atoms with van der Waals surface area (Å²) in [6.07, 6.45) is 0. The van der Waals surface area contributed by atoms with Crippen molar-refractivity contribution in [3.8, 4) is 10.6 Å². The number of nitrogens with zero attached hydrogens (tertiary/aromatic N) is 2. The minimum Gasteiger partial charge on any atom is -0.334 e. The second-order valence-corrected chi connectivity index (χ2v) is 8.29. The summed E-state index contributed by atoms with van der Waals surface area (Å²) < 4.78 is 0.712. The molecular formula is C20H21ClN2OS. The van der Waals surface area contributed by atoms with Gasteiger partial charge >= 0.3 is 0 Å². The van der Waals surface area contributed by atoms with Crippen molar-refractivity contribution >= 4 is 39.7 Å². The molecule has 130 valence electrons. The van der Waals surface area contributed by atoms with Gasteiger partial charge in [0, 0.05) is 17.5 Å². The number of aromatic nitrogens is 1. The van der Waals surface area contributed by atoms with E-state index in [1.165, 1.54) is 11.3 Å². The minimum absolute atomic E-state index is 0.0347.